The molecule has 1 atom stereocenters. The molecule has 1 unspecified atom stereocenters. The zero-order chi connectivity index (χ0) is 19.4. The predicted octanol–water partition coefficient (Wildman–Crippen LogP) is 4.62. The van der Waals surface area contributed by atoms with Crippen molar-refractivity contribution in [2.24, 2.45) is 0 Å². The van der Waals surface area contributed by atoms with E-state index >= 15 is 0 Å². The summed E-state index contributed by atoms with van der Waals surface area (Å²) in [6.07, 6.45) is -2.66. The first-order chi connectivity index (χ1) is 12.8. The summed E-state index contributed by atoms with van der Waals surface area (Å²) in [7, 11) is 0. The van der Waals surface area contributed by atoms with Gasteiger partial charge in [-0.15, -0.1) is 0 Å². The van der Waals surface area contributed by atoms with E-state index in [2.05, 4.69) is 10.3 Å². The molecule has 3 rings (SSSR count). The van der Waals surface area contributed by atoms with E-state index in [4.69, 9.17) is 0 Å². The molecule has 7 heteroatoms. The summed E-state index contributed by atoms with van der Waals surface area (Å²) < 4.78 is 51.8. The second-order valence-electron chi connectivity index (χ2n) is 6.08. The highest BCUT2D eigenvalue weighted by Gasteiger charge is 2.30. The fourth-order valence-corrected chi connectivity index (χ4v) is 2.78. The average molecular weight is 376 g/mol. The van der Waals surface area contributed by atoms with Crippen molar-refractivity contribution in [1.82, 2.24) is 10.3 Å². The van der Waals surface area contributed by atoms with E-state index in [1.807, 2.05) is 18.2 Å². The van der Waals surface area contributed by atoms with Crippen LogP contribution in [0.15, 0.2) is 60.9 Å². The molecule has 0 aliphatic rings. The Bertz CT molecular complexity index is 933. The molecule has 0 fully saturated rings. The van der Waals surface area contributed by atoms with Crippen LogP contribution < -0.4 is 5.32 Å². The van der Waals surface area contributed by atoms with Crippen molar-refractivity contribution in [2.45, 2.75) is 18.8 Å². The van der Waals surface area contributed by atoms with Crippen LogP contribution in [0.2, 0.25) is 0 Å². The van der Waals surface area contributed by atoms with Crippen molar-refractivity contribution in [3.05, 3.63) is 77.6 Å². The first kappa shape index (κ1) is 18.8. The highest BCUT2D eigenvalue weighted by molar-refractivity contribution is 5.89. The number of alkyl halides is 4. The lowest BCUT2D eigenvalue weighted by Crippen LogP contribution is -2.28. The summed E-state index contributed by atoms with van der Waals surface area (Å²) in [5.41, 5.74) is 0.0322. The molecule has 0 radical (unpaired) electrons. The summed E-state index contributed by atoms with van der Waals surface area (Å²) in [5, 5.41) is 4.28. The molecule has 140 valence electrons. The van der Waals surface area contributed by atoms with Crippen molar-refractivity contribution < 1.29 is 22.4 Å². The van der Waals surface area contributed by atoms with Crippen LogP contribution in [0, 0.1) is 0 Å². The highest BCUT2D eigenvalue weighted by Crippen LogP contribution is 2.30. The number of halogens is 4. The molecule has 3 nitrogen and oxygen atoms in total. The first-order valence-corrected chi connectivity index (χ1v) is 8.24. The van der Waals surface area contributed by atoms with E-state index < -0.39 is 17.9 Å². The second kappa shape index (κ2) is 7.73. The number of aromatic nitrogens is 1. The molecule has 0 aliphatic carbocycles. The molecule has 0 saturated heterocycles. The van der Waals surface area contributed by atoms with Crippen LogP contribution in [0.5, 0.6) is 0 Å². The first-order valence-electron chi connectivity index (χ1n) is 8.24. The van der Waals surface area contributed by atoms with Crippen LogP contribution >= 0.6 is 0 Å². The molecule has 3 aromatic rings. The summed E-state index contributed by atoms with van der Waals surface area (Å²) >= 11 is 0. The minimum Gasteiger partial charge on any atom is -0.353 e. The van der Waals surface area contributed by atoms with Crippen LogP contribution in [-0.2, 0) is 17.4 Å². The average Bonchev–Trinajstić information content (AvgIpc) is 2.66. The van der Waals surface area contributed by atoms with Gasteiger partial charge < -0.3 is 5.32 Å². The van der Waals surface area contributed by atoms with Crippen molar-refractivity contribution in [1.29, 1.82) is 0 Å². The molecule has 1 aromatic heterocycles. The molecule has 0 aliphatic heterocycles. The summed E-state index contributed by atoms with van der Waals surface area (Å²) in [5.74, 6) is -0.367. The predicted molar refractivity (Wildman–Crippen MR) is 93.7 cm³/mol. The maximum atomic E-state index is 14.2. The van der Waals surface area contributed by atoms with Crippen LogP contribution in [0.3, 0.4) is 0 Å². The SMILES string of the molecule is O=C(Cc1cccc2cnccc12)NCC(F)c1ccc(C(F)(F)F)cc1. The molecule has 1 N–H and O–H groups in total. The van der Waals surface area contributed by atoms with Crippen molar-refractivity contribution in [3.63, 3.8) is 0 Å². The molecule has 0 bridgehead atoms. The van der Waals surface area contributed by atoms with E-state index in [-0.39, 0.29) is 24.4 Å². The number of hydrogen-bond acceptors (Lipinski definition) is 2. The number of nitrogens with zero attached hydrogens (tertiary/aromatic N) is 1. The van der Waals surface area contributed by atoms with Gasteiger partial charge in [0, 0.05) is 17.8 Å². The topological polar surface area (TPSA) is 42.0 Å². The Balaban J connectivity index is 1.60. The van der Waals surface area contributed by atoms with Gasteiger partial charge >= 0.3 is 6.18 Å². The van der Waals surface area contributed by atoms with E-state index in [1.165, 1.54) is 0 Å². The van der Waals surface area contributed by atoms with E-state index in [1.54, 1.807) is 18.5 Å². The lowest BCUT2D eigenvalue weighted by atomic mass is 10.0. The fourth-order valence-electron chi connectivity index (χ4n) is 2.78. The molecule has 1 amide bonds. The van der Waals surface area contributed by atoms with Gasteiger partial charge in [0.2, 0.25) is 5.91 Å². The van der Waals surface area contributed by atoms with Crippen LogP contribution in [0.4, 0.5) is 17.6 Å². The number of benzene rings is 2. The van der Waals surface area contributed by atoms with Gasteiger partial charge in [-0.2, -0.15) is 13.2 Å². The van der Waals surface area contributed by atoms with Gasteiger partial charge in [-0.1, -0.05) is 30.3 Å². The number of hydrogen-bond donors (Lipinski definition) is 1. The molecular formula is C20H16F4N2O. The molecular weight excluding hydrogens is 360 g/mol. The van der Waals surface area contributed by atoms with Crippen molar-refractivity contribution >= 4 is 16.7 Å². The van der Waals surface area contributed by atoms with Crippen LogP contribution in [-0.4, -0.2) is 17.4 Å². The van der Waals surface area contributed by atoms with Crippen LogP contribution in [0.25, 0.3) is 10.8 Å². The Kier molecular flexibility index (Phi) is 5.39. The Morgan fingerprint density at radius 3 is 2.52 bits per heavy atom. The third kappa shape index (κ3) is 4.61. The van der Waals surface area contributed by atoms with Gasteiger partial charge in [-0.25, -0.2) is 4.39 Å². The van der Waals surface area contributed by atoms with E-state index in [0.29, 0.717) is 0 Å². The molecule has 1 heterocycles. The molecule has 0 spiro atoms. The maximum Gasteiger partial charge on any atom is 0.416 e. The molecule has 0 saturated carbocycles. The zero-order valence-electron chi connectivity index (χ0n) is 14.1. The lowest BCUT2D eigenvalue weighted by molar-refractivity contribution is -0.137. The summed E-state index contributed by atoms with van der Waals surface area (Å²) in [4.78, 5) is 16.2. The second-order valence-corrected chi connectivity index (χ2v) is 6.08. The number of rotatable bonds is 5. The van der Waals surface area contributed by atoms with Gasteiger partial charge in [0.15, 0.2) is 0 Å². The monoisotopic (exact) mass is 376 g/mol. The van der Waals surface area contributed by atoms with Gasteiger partial charge in [-0.05, 0) is 34.7 Å². The van der Waals surface area contributed by atoms with E-state index in [0.717, 1.165) is 40.6 Å². The van der Waals surface area contributed by atoms with Crippen molar-refractivity contribution in [3.8, 4) is 0 Å². The number of fused-ring (bicyclic) bond motifs is 1. The molecule has 2 aromatic carbocycles. The van der Waals surface area contributed by atoms with Gasteiger partial charge in [-0.3, -0.25) is 9.78 Å². The molecule has 27 heavy (non-hydrogen) atoms. The standard InChI is InChI=1S/C20H16F4N2O/c21-18(13-4-6-16(7-5-13)20(22,23)24)12-26-19(27)10-14-2-1-3-15-11-25-9-8-17(14)15/h1-9,11,18H,10,12H2,(H,26,27). The quantitative estimate of drug-likeness (QED) is 0.660. The Morgan fingerprint density at radius 1 is 1.07 bits per heavy atom. The third-order valence-electron chi connectivity index (χ3n) is 4.20. The van der Waals surface area contributed by atoms with Gasteiger partial charge in [0.25, 0.3) is 0 Å². The Hall–Kier alpha value is -2.96. The summed E-state index contributed by atoms with van der Waals surface area (Å²) in [6, 6.07) is 11.1. The Labute approximate surface area is 153 Å². The van der Waals surface area contributed by atoms with Gasteiger partial charge in [0.05, 0.1) is 18.5 Å². The normalized spacial score (nSPS) is 12.7. The third-order valence-corrected chi connectivity index (χ3v) is 4.20. The van der Waals surface area contributed by atoms with Crippen molar-refractivity contribution in [2.75, 3.05) is 6.54 Å². The number of pyridine rings is 1. The minimum atomic E-state index is -4.47. The lowest BCUT2D eigenvalue weighted by Gasteiger charge is -2.12. The van der Waals surface area contributed by atoms with Crippen LogP contribution in [0.1, 0.15) is 22.9 Å². The van der Waals surface area contributed by atoms with E-state index in [9.17, 15) is 22.4 Å². The highest BCUT2D eigenvalue weighted by atomic mass is 19.4. The smallest absolute Gasteiger partial charge is 0.353 e. The maximum absolute atomic E-state index is 14.2. The number of amides is 1. The minimum absolute atomic E-state index is 0.0705. The summed E-state index contributed by atoms with van der Waals surface area (Å²) in [6.45, 7) is -0.309. The fraction of sp³-hybridized carbons (Fsp3) is 0.200. The Morgan fingerprint density at radius 2 is 1.81 bits per heavy atom. The number of nitrogens with one attached hydrogen (secondary N) is 1. The number of carbonyl (C=O) groups is 1. The van der Waals surface area contributed by atoms with Gasteiger partial charge in [0.1, 0.15) is 6.17 Å². The number of carbonyl (C=O) groups excluding carboxylic acids is 1. The zero-order valence-corrected chi connectivity index (χ0v) is 14.1. The largest absolute Gasteiger partial charge is 0.416 e.